The minimum absolute atomic E-state index is 0.0714. The lowest BCUT2D eigenvalue weighted by Crippen LogP contribution is -2.36. The molecule has 0 spiro atoms. The first kappa shape index (κ1) is 12.5. The highest BCUT2D eigenvalue weighted by atomic mass is 35.7. The number of rotatable bonds is 2. The van der Waals surface area contributed by atoms with Gasteiger partial charge in [-0.3, -0.25) is 4.18 Å². The molecule has 3 unspecified atom stereocenters. The maximum Gasteiger partial charge on any atom is 0.256 e. The van der Waals surface area contributed by atoms with E-state index in [4.69, 9.17) is 14.9 Å². The third-order valence-electron chi connectivity index (χ3n) is 3.01. The second-order valence-electron chi connectivity index (χ2n) is 5.09. The van der Waals surface area contributed by atoms with Crippen LogP contribution < -0.4 is 0 Å². The molecule has 1 aliphatic rings. The molecule has 14 heavy (non-hydrogen) atoms. The van der Waals surface area contributed by atoms with Crippen molar-refractivity contribution in [2.24, 2.45) is 11.3 Å². The predicted octanol–water partition coefficient (Wildman–Crippen LogP) is 3.43. The lowest BCUT2D eigenvalue weighted by molar-refractivity contribution is 0.0389. The lowest BCUT2D eigenvalue weighted by atomic mass is 9.71. The first-order valence-electron chi connectivity index (χ1n) is 5.16. The first-order chi connectivity index (χ1) is 6.41. The zero-order valence-corrected chi connectivity index (χ0v) is 10.7. The molecule has 3 atom stereocenters. The zero-order chi connectivity index (χ0) is 10.8. The van der Waals surface area contributed by atoms with Gasteiger partial charge in [0.25, 0.3) is 10.3 Å². The Hall–Kier alpha value is 0.400. The van der Waals surface area contributed by atoms with E-state index < -0.39 is 10.3 Å². The molecule has 2 nitrogen and oxygen atoms in total. The molecule has 1 rings (SSSR count). The van der Waals surface area contributed by atoms with Crippen LogP contribution in [-0.4, -0.2) is 10.3 Å². The van der Waals surface area contributed by atoms with Crippen LogP contribution in [0.2, 0.25) is 0 Å². The normalized spacial score (nSPS) is 31.4. The van der Waals surface area contributed by atoms with Crippen LogP contribution in [0.25, 0.3) is 0 Å². The summed E-state index contributed by atoms with van der Waals surface area (Å²) in [6.45, 7) is 6.61. The molecule has 0 aromatic carbocycles. The molecule has 1 aliphatic carbocycles. The smallest absolute Gasteiger partial charge is 0.256 e. The van der Waals surface area contributed by atoms with Crippen molar-refractivity contribution in [3.63, 3.8) is 0 Å². The van der Waals surface area contributed by atoms with Gasteiger partial charge in [-0.05, 0) is 24.2 Å². The van der Waals surface area contributed by atoms with Gasteiger partial charge in [-0.1, -0.05) is 33.6 Å². The Labute approximate surface area is 93.5 Å². The molecular weight excluding hydrogens is 220 g/mol. The Morgan fingerprint density at radius 3 is 2.36 bits per heavy atom. The Morgan fingerprint density at radius 2 is 1.86 bits per heavy atom. The number of halogens is 1. The highest BCUT2D eigenvalue weighted by molar-refractivity contribution is 8.04. The summed E-state index contributed by atoms with van der Waals surface area (Å²) in [7, 11) is 3.73. The Morgan fingerprint density at radius 1 is 1.29 bits per heavy atom. The molecule has 4 heteroatoms. The zero-order valence-electron chi connectivity index (χ0n) is 9.09. The van der Waals surface area contributed by atoms with Gasteiger partial charge in [0, 0.05) is 10.7 Å². The second kappa shape index (κ2) is 4.95. The molecule has 0 bridgehead atoms. The van der Waals surface area contributed by atoms with Gasteiger partial charge in [0.2, 0.25) is 0 Å². The average Bonchev–Trinajstić information content (AvgIpc) is 2.01. The summed E-state index contributed by atoms with van der Waals surface area (Å²) in [5.41, 5.74) is 0.210. The number of hydrogen-bond acceptors (Lipinski definition) is 2. The molecule has 84 valence electrons. The van der Waals surface area contributed by atoms with Gasteiger partial charge >= 0.3 is 0 Å². The molecular formula is C10H19ClO2S. The van der Waals surface area contributed by atoms with E-state index in [1.807, 2.05) is 0 Å². The van der Waals surface area contributed by atoms with E-state index in [2.05, 4.69) is 20.8 Å². The first-order valence-corrected chi connectivity index (χ1v) is 7.06. The van der Waals surface area contributed by atoms with Crippen LogP contribution in [0.3, 0.4) is 0 Å². The monoisotopic (exact) mass is 238 g/mol. The van der Waals surface area contributed by atoms with Crippen molar-refractivity contribution in [1.29, 1.82) is 0 Å². The predicted molar refractivity (Wildman–Crippen MR) is 60.3 cm³/mol. The van der Waals surface area contributed by atoms with E-state index in [-0.39, 0.29) is 11.5 Å². The minimum atomic E-state index is -1.65. The van der Waals surface area contributed by atoms with Gasteiger partial charge in [0.1, 0.15) is 0 Å². The van der Waals surface area contributed by atoms with Gasteiger partial charge in [0.15, 0.2) is 0 Å². The fraction of sp³-hybridized carbons (Fsp3) is 1.00. The SMILES string of the molecule is CC(C)(C)C1CCCCC1OS(=O)Cl. The summed E-state index contributed by atoms with van der Waals surface area (Å²) in [5, 5.41) is 0. The summed E-state index contributed by atoms with van der Waals surface area (Å²) in [6, 6.07) is 0. The minimum Gasteiger partial charge on any atom is -0.274 e. The highest BCUT2D eigenvalue weighted by Gasteiger charge is 2.35. The number of hydrogen-bond donors (Lipinski definition) is 0. The van der Waals surface area contributed by atoms with Crippen LogP contribution in [-0.2, 0) is 14.5 Å². The van der Waals surface area contributed by atoms with E-state index >= 15 is 0 Å². The maximum absolute atomic E-state index is 10.8. The fourth-order valence-corrected chi connectivity index (χ4v) is 3.00. The van der Waals surface area contributed by atoms with Crippen LogP contribution in [0.15, 0.2) is 0 Å². The lowest BCUT2D eigenvalue weighted by Gasteiger charge is -2.39. The molecule has 0 aromatic heterocycles. The van der Waals surface area contributed by atoms with E-state index in [9.17, 15) is 4.21 Å². The van der Waals surface area contributed by atoms with Crippen molar-refractivity contribution < 1.29 is 8.39 Å². The van der Waals surface area contributed by atoms with E-state index in [0.29, 0.717) is 5.92 Å². The van der Waals surface area contributed by atoms with Crippen molar-refractivity contribution in [1.82, 2.24) is 0 Å². The largest absolute Gasteiger partial charge is 0.274 e. The van der Waals surface area contributed by atoms with Gasteiger partial charge in [-0.2, -0.15) is 0 Å². The van der Waals surface area contributed by atoms with Gasteiger partial charge < -0.3 is 0 Å². The van der Waals surface area contributed by atoms with Crippen LogP contribution >= 0.6 is 10.7 Å². The van der Waals surface area contributed by atoms with Crippen LogP contribution in [0.4, 0.5) is 0 Å². The van der Waals surface area contributed by atoms with Crippen molar-refractivity contribution in [3.05, 3.63) is 0 Å². The molecule has 0 aliphatic heterocycles. The summed E-state index contributed by atoms with van der Waals surface area (Å²) >= 11 is 0. The molecule has 0 heterocycles. The van der Waals surface area contributed by atoms with E-state index in [0.717, 1.165) is 19.3 Å². The van der Waals surface area contributed by atoms with Crippen molar-refractivity contribution in [2.75, 3.05) is 0 Å². The van der Waals surface area contributed by atoms with Crippen molar-refractivity contribution in [2.45, 2.75) is 52.6 Å². The molecule has 0 N–H and O–H groups in total. The van der Waals surface area contributed by atoms with Crippen molar-refractivity contribution in [3.8, 4) is 0 Å². The Balaban J connectivity index is 2.64. The van der Waals surface area contributed by atoms with Gasteiger partial charge in [0.05, 0.1) is 6.10 Å². The summed E-state index contributed by atoms with van der Waals surface area (Å²) < 4.78 is 16.1. The molecule has 0 amide bonds. The van der Waals surface area contributed by atoms with Gasteiger partial charge in [-0.15, -0.1) is 0 Å². The van der Waals surface area contributed by atoms with Gasteiger partial charge in [-0.25, -0.2) is 4.21 Å². The van der Waals surface area contributed by atoms with Crippen LogP contribution in [0.5, 0.6) is 0 Å². The Bertz CT molecular complexity index is 213. The van der Waals surface area contributed by atoms with E-state index in [1.54, 1.807) is 0 Å². The maximum atomic E-state index is 10.8. The third-order valence-corrected chi connectivity index (χ3v) is 3.63. The second-order valence-corrected chi connectivity index (χ2v) is 6.42. The quantitative estimate of drug-likeness (QED) is 0.689. The molecule has 1 fully saturated rings. The average molecular weight is 239 g/mol. The summed E-state index contributed by atoms with van der Waals surface area (Å²) in [6.07, 6.45) is 4.62. The van der Waals surface area contributed by atoms with Crippen molar-refractivity contribution >= 4 is 21.0 Å². The topological polar surface area (TPSA) is 26.3 Å². The Kier molecular flexibility index (Phi) is 4.41. The molecule has 0 aromatic rings. The van der Waals surface area contributed by atoms with Crippen LogP contribution in [0, 0.1) is 11.3 Å². The summed E-state index contributed by atoms with van der Waals surface area (Å²) in [4.78, 5) is 0. The van der Waals surface area contributed by atoms with Crippen LogP contribution in [0.1, 0.15) is 46.5 Å². The third kappa shape index (κ3) is 3.52. The fourth-order valence-electron chi connectivity index (χ4n) is 2.30. The highest BCUT2D eigenvalue weighted by Crippen LogP contribution is 2.39. The molecule has 0 saturated heterocycles. The van der Waals surface area contributed by atoms with E-state index in [1.165, 1.54) is 6.42 Å². The molecule has 0 radical (unpaired) electrons. The molecule has 1 saturated carbocycles. The summed E-state index contributed by atoms with van der Waals surface area (Å²) in [5.74, 6) is 0.471. The standard InChI is InChI=1S/C10H19ClO2S/c1-10(2,3)8-6-4-5-7-9(8)13-14(11)12/h8-9H,4-7H2,1-3H3.